The van der Waals surface area contributed by atoms with Gasteiger partial charge >= 0.3 is 5.97 Å². The molecule has 7 rings (SSSR count). The van der Waals surface area contributed by atoms with Gasteiger partial charge < -0.3 is 4.74 Å². The molecule has 4 aromatic rings. The molecule has 1 atom stereocenters. The highest BCUT2D eigenvalue weighted by Gasteiger charge is 2.40. The van der Waals surface area contributed by atoms with E-state index in [9.17, 15) is 24.0 Å². The second-order valence-electron chi connectivity index (χ2n) is 11.6. The third-order valence-electron chi connectivity index (χ3n) is 9.07. The molecule has 2 heterocycles. The lowest BCUT2D eigenvalue weighted by atomic mass is 9.85. The lowest BCUT2D eigenvalue weighted by molar-refractivity contribution is -0.148. The van der Waals surface area contributed by atoms with E-state index in [0.717, 1.165) is 17.7 Å². The van der Waals surface area contributed by atoms with Crippen molar-refractivity contribution in [2.45, 2.75) is 58.0 Å². The standard InChI is InChI=1S/C36H30N2O6/c1-3-30(39)44-20(2)23-9-6-10-25(19-23)38-35(42)28-17-15-26-31-27(16-18-29(32(28)31)36(38)43)34(41)37(33(26)40)24-13-11-22(12-14-24)21-7-4-5-8-21/h6,9-21H,3-5,7-8H2,1-2H3. The van der Waals surface area contributed by atoms with Gasteiger partial charge in [0.25, 0.3) is 23.6 Å². The number of rotatable bonds is 6. The minimum absolute atomic E-state index is 0.228. The summed E-state index contributed by atoms with van der Waals surface area (Å²) in [5, 5.41) is 0.634. The molecule has 1 saturated carbocycles. The first-order valence-electron chi connectivity index (χ1n) is 15.0. The number of hydrogen-bond acceptors (Lipinski definition) is 6. The summed E-state index contributed by atoms with van der Waals surface area (Å²) in [7, 11) is 0. The highest BCUT2D eigenvalue weighted by molar-refractivity contribution is 6.42. The van der Waals surface area contributed by atoms with E-state index in [2.05, 4.69) is 0 Å². The molecule has 0 radical (unpaired) electrons. The van der Waals surface area contributed by atoms with Crippen LogP contribution in [0.15, 0.2) is 72.8 Å². The lowest BCUT2D eigenvalue weighted by Gasteiger charge is -2.32. The number of imide groups is 2. The fourth-order valence-electron chi connectivity index (χ4n) is 6.76. The van der Waals surface area contributed by atoms with E-state index in [-0.39, 0.29) is 34.6 Å². The number of hydrogen-bond donors (Lipinski definition) is 0. The Bertz CT molecular complexity index is 1830. The molecular formula is C36H30N2O6. The van der Waals surface area contributed by atoms with Gasteiger partial charge in [-0.2, -0.15) is 0 Å². The molecule has 0 saturated heterocycles. The van der Waals surface area contributed by atoms with Gasteiger partial charge in [0, 0.05) is 39.4 Å². The minimum atomic E-state index is -0.574. The SMILES string of the molecule is CCC(=O)OC(C)c1cccc(N2C(=O)c3ccc4c5c(ccc(c35)C2=O)C(=O)N(c2ccc(C3CCCC3)cc2)C4=O)c1. The maximum atomic E-state index is 13.9. The van der Waals surface area contributed by atoms with Crippen molar-refractivity contribution in [3.8, 4) is 0 Å². The molecule has 44 heavy (non-hydrogen) atoms. The summed E-state index contributed by atoms with van der Waals surface area (Å²) in [5.41, 5.74) is 3.65. The monoisotopic (exact) mass is 586 g/mol. The summed E-state index contributed by atoms with van der Waals surface area (Å²) in [6.45, 7) is 3.43. The molecule has 4 aromatic carbocycles. The van der Waals surface area contributed by atoms with Crippen molar-refractivity contribution in [2.75, 3.05) is 9.80 Å². The highest BCUT2D eigenvalue weighted by atomic mass is 16.5. The van der Waals surface area contributed by atoms with Gasteiger partial charge in [-0.3, -0.25) is 24.0 Å². The molecule has 0 aromatic heterocycles. The summed E-state index contributed by atoms with van der Waals surface area (Å²) in [6.07, 6.45) is 4.38. The molecule has 8 heteroatoms. The van der Waals surface area contributed by atoms with E-state index < -0.39 is 29.7 Å². The largest absolute Gasteiger partial charge is 0.458 e. The first kappa shape index (κ1) is 27.7. The van der Waals surface area contributed by atoms with Crippen molar-refractivity contribution in [2.24, 2.45) is 0 Å². The van der Waals surface area contributed by atoms with Gasteiger partial charge in [-0.05, 0) is 85.3 Å². The summed E-state index contributed by atoms with van der Waals surface area (Å²) in [5.74, 6) is -1.97. The summed E-state index contributed by atoms with van der Waals surface area (Å²) in [4.78, 5) is 69.5. The number of ether oxygens (including phenoxy) is 1. The van der Waals surface area contributed by atoms with Crippen LogP contribution < -0.4 is 9.80 Å². The zero-order valence-corrected chi connectivity index (χ0v) is 24.5. The molecule has 220 valence electrons. The quantitative estimate of drug-likeness (QED) is 0.176. The van der Waals surface area contributed by atoms with Crippen molar-refractivity contribution in [1.82, 2.24) is 0 Å². The van der Waals surface area contributed by atoms with E-state index in [1.807, 2.05) is 24.3 Å². The zero-order valence-electron chi connectivity index (χ0n) is 24.5. The third kappa shape index (κ3) is 4.24. The van der Waals surface area contributed by atoms with Crippen molar-refractivity contribution in [1.29, 1.82) is 0 Å². The van der Waals surface area contributed by atoms with Gasteiger partial charge in [0.15, 0.2) is 0 Å². The predicted molar refractivity (Wildman–Crippen MR) is 165 cm³/mol. The van der Waals surface area contributed by atoms with Gasteiger partial charge in [-0.1, -0.05) is 44.0 Å². The fourth-order valence-corrected chi connectivity index (χ4v) is 6.76. The number of anilines is 2. The van der Waals surface area contributed by atoms with Crippen LogP contribution in [0.5, 0.6) is 0 Å². The van der Waals surface area contributed by atoms with Gasteiger partial charge in [0.1, 0.15) is 6.10 Å². The number of benzene rings is 4. The first-order chi connectivity index (χ1) is 21.3. The fraction of sp³-hybridized carbons (Fsp3) is 0.250. The highest BCUT2D eigenvalue weighted by Crippen LogP contribution is 2.41. The molecule has 1 fully saturated rings. The van der Waals surface area contributed by atoms with E-state index in [0.29, 0.717) is 33.6 Å². The topological polar surface area (TPSA) is 101 Å². The second kappa shape index (κ2) is 10.6. The summed E-state index contributed by atoms with van der Waals surface area (Å²) < 4.78 is 5.42. The van der Waals surface area contributed by atoms with Crippen LogP contribution in [-0.4, -0.2) is 29.6 Å². The Morgan fingerprint density at radius 3 is 1.73 bits per heavy atom. The Kier molecular flexibility index (Phi) is 6.65. The van der Waals surface area contributed by atoms with Crippen LogP contribution in [0.25, 0.3) is 10.8 Å². The van der Waals surface area contributed by atoms with Crippen LogP contribution in [0, 0.1) is 0 Å². The van der Waals surface area contributed by atoms with Crippen LogP contribution in [0.3, 0.4) is 0 Å². The molecule has 0 N–H and O–H groups in total. The second-order valence-corrected chi connectivity index (χ2v) is 11.6. The molecule has 2 aliphatic heterocycles. The Labute approximate surface area is 254 Å². The normalized spacial score (nSPS) is 17.0. The third-order valence-corrected chi connectivity index (χ3v) is 9.07. The van der Waals surface area contributed by atoms with E-state index in [4.69, 9.17) is 4.74 Å². The van der Waals surface area contributed by atoms with E-state index >= 15 is 0 Å². The number of carbonyl (C=O) groups excluding carboxylic acids is 5. The minimum Gasteiger partial charge on any atom is -0.458 e. The smallest absolute Gasteiger partial charge is 0.306 e. The van der Waals surface area contributed by atoms with Gasteiger partial charge in [0.2, 0.25) is 0 Å². The Balaban J connectivity index is 1.26. The van der Waals surface area contributed by atoms with Crippen LogP contribution in [0.1, 0.15) is 111 Å². The summed E-state index contributed by atoms with van der Waals surface area (Å²) >= 11 is 0. The molecule has 4 amide bonds. The Morgan fingerprint density at radius 2 is 1.23 bits per heavy atom. The van der Waals surface area contributed by atoms with Crippen molar-refractivity contribution < 1.29 is 28.7 Å². The number of nitrogens with zero attached hydrogens (tertiary/aromatic N) is 2. The molecule has 0 bridgehead atoms. The predicted octanol–water partition coefficient (Wildman–Crippen LogP) is 7.11. The number of amides is 4. The van der Waals surface area contributed by atoms with E-state index in [1.54, 1.807) is 62.4 Å². The van der Waals surface area contributed by atoms with Crippen LogP contribution in [-0.2, 0) is 9.53 Å². The van der Waals surface area contributed by atoms with Gasteiger partial charge in [-0.25, -0.2) is 9.80 Å². The molecular weight excluding hydrogens is 556 g/mol. The molecule has 1 aliphatic carbocycles. The van der Waals surface area contributed by atoms with Crippen molar-refractivity contribution in [3.63, 3.8) is 0 Å². The first-order valence-corrected chi connectivity index (χ1v) is 15.0. The maximum absolute atomic E-state index is 13.9. The van der Waals surface area contributed by atoms with Crippen molar-refractivity contribution >= 4 is 51.7 Å². The summed E-state index contributed by atoms with van der Waals surface area (Å²) in [6, 6.07) is 20.6. The Hall–Kier alpha value is -5.11. The van der Waals surface area contributed by atoms with E-state index in [1.165, 1.54) is 23.3 Å². The average molecular weight is 587 g/mol. The van der Waals surface area contributed by atoms with Gasteiger partial charge in [0.05, 0.1) is 11.4 Å². The number of esters is 1. The molecule has 0 spiro atoms. The zero-order chi connectivity index (χ0) is 30.7. The number of carbonyl (C=O) groups is 5. The average Bonchev–Trinajstić information content (AvgIpc) is 3.58. The molecule has 8 nitrogen and oxygen atoms in total. The molecule has 1 unspecified atom stereocenters. The van der Waals surface area contributed by atoms with Crippen LogP contribution in [0.2, 0.25) is 0 Å². The van der Waals surface area contributed by atoms with Crippen LogP contribution >= 0.6 is 0 Å². The van der Waals surface area contributed by atoms with Crippen molar-refractivity contribution in [3.05, 3.63) is 106 Å². The Morgan fingerprint density at radius 1 is 0.727 bits per heavy atom. The molecule has 3 aliphatic rings. The maximum Gasteiger partial charge on any atom is 0.306 e. The van der Waals surface area contributed by atoms with Gasteiger partial charge in [-0.15, -0.1) is 0 Å². The lowest BCUT2D eigenvalue weighted by Crippen LogP contribution is -2.43. The van der Waals surface area contributed by atoms with Crippen LogP contribution in [0.4, 0.5) is 11.4 Å².